The molecular weight excluding hydrogens is 260 g/mol. The Morgan fingerprint density at radius 2 is 2.05 bits per heavy atom. The van der Waals surface area contributed by atoms with E-state index >= 15 is 0 Å². The van der Waals surface area contributed by atoms with Gasteiger partial charge in [0.15, 0.2) is 0 Å². The third-order valence-electron chi connectivity index (χ3n) is 2.61. The lowest BCUT2D eigenvalue weighted by molar-refractivity contribution is -0.117. The van der Waals surface area contributed by atoms with Gasteiger partial charge in [0, 0.05) is 11.6 Å². The van der Waals surface area contributed by atoms with Crippen molar-refractivity contribution in [3.05, 3.63) is 40.4 Å². The van der Waals surface area contributed by atoms with Crippen LogP contribution in [-0.4, -0.2) is 12.5 Å². The van der Waals surface area contributed by atoms with E-state index in [9.17, 15) is 4.79 Å². The molecule has 1 amide bonds. The number of nitrogens with zero attached hydrogens (tertiary/aromatic N) is 1. The van der Waals surface area contributed by atoms with Gasteiger partial charge in [-0.1, -0.05) is 43.5 Å². The van der Waals surface area contributed by atoms with Crippen molar-refractivity contribution in [2.24, 2.45) is 0 Å². The molecule has 0 aliphatic rings. The molecule has 100 valence electrons. The topological polar surface area (TPSA) is 52.9 Å². The van der Waals surface area contributed by atoms with Crippen molar-refractivity contribution < 1.29 is 4.79 Å². The minimum Gasteiger partial charge on any atom is -0.351 e. The largest absolute Gasteiger partial charge is 0.351 e. The van der Waals surface area contributed by atoms with Crippen LogP contribution in [0, 0.1) is 11.3 Å². The molecule has 0 aromatic heterocycles. The maximum atomic E-state index is 11.8. The fourth-order valence-corrected chi connectivity index (χ4v) is 1.67. The quantitative estimate of drug-likeness (QED) is 0.491. The van der Waals surface area contributed by atoms with E-state index in [4.69, 9.17) is 16.9 Å². The zero-order chi connectivity index (χ0) is 14.1. The number of carbonyl (C=O) groups excluding carboxylic acids is 1. The average Bonchev–Trinajstić information content (AvgIpc) is 2.42. The fraction of sp³-hybridized carbons (Fsp3) is 0.333. The highest BCUT2D eigenvalue weighted by Gasteiger charge is 2.07. The molecule has 0 saturated heterocycles. The highest BCUT2D eigenvalue weighted by molar-refractivity contribution is 6.30. The Balaban J connectivity index is 2.64. The van der Waals surface area contributed by atoms with Crippen molar-refractivity contribution >= 4 is 23.6 Å². The summed E-state index contributed by atoms with van der Waals surface area (Å²) in [5.74, 6) is -0.325. The number of nitrogens with one attached hydrogen (secondary N) is 1. The normalized spacial score (nSPS) is 10.9. The van der Waals surface area contributed by atoms with Gasteiger partial charge in [0.05, 0.1) is 0 Å². The first-order valence-corrected chi connectivity index (χ1v) is 6.70. The van der Waals surface area contributed by atoms with Gasteiger partial charge >= 0.3 is 0 Å². The summed E-state index contributed by atoms with van der Waals surface area (Å²) >= 11 is 5.78. The van der Waals surface area contributed by atoms with Crippen molar-refractivity contribution in [2.75, 3.05) is 6.54 Å². The number of carbonyl (C=O) groups is 1. The van der Waals surface area contributed by atoms with E-state index in [2.05, 4.69) is 12.2 Å². The molecule has 0 radical (unpaired) electrons. The van der Waals surface area contributed by atoms with Crippen molar-refractivity contribution in [1.82, 2.24) is 5.32 Å². The molecule has 0 aliphatic heterocycles. The Morgan fingerprint density at radius 3 is 2.63 bits per heavy atom. The zero-order valence-corrected chi connectivity index (χ0v) is 11.7. The SMILES string of the molecule is CCCCCNC(=O)/C(C#N)=C/c1ccc(Cl)cc1. The second kappa shape index (κ2) is 8.34. The van der Waals surface area contributed by atoms with Gasteiger partial charge in [0.2, 0.25) is 0 Å². The van der Waals surface area contributed by atoms with Crippen LogP contribution in [0.3, 0.4) is 0 Å². The highest BCUT2D eigenvalue weighted by atomic mass is 35.5. The third kappa shape index (κ3) is 5.58. The molecule has 0 spiro atoms. The molecule has 0 heterocycles. The Morgan fingerprint density at radius 1 is 1.37 bits per heavy atom. The molecule has 0 unspecified atom stereocenters. The summed E-state index contributed by atoms with van der Waals surface area (Å²) in [5, 5.41) is 12.4. The van der Waals surface area contributed by atoms with Gasteiger partial charge in [-0.15, -0.1) is 0 Å². The molecule has 1 aromatic carbocycles. The lowest BCUT2D eigenvalue weighted by Crippen LogP contribution is -2.25. The van der Waals surface area contributed by atoms with Crippen molar-refractivity contribution in [3.63, 3.8) is 0 Å². The van der Waals surface area contributed by atoms with E-state index < -0.39 is 0 Å². The summed E-state index contributed by atoms with van der Waals surface area (Å²) in [6.45, 7) is 2.70. The molecule has 0 atom stereocenters. The molecule has 0 saturated carbocycles. The molecular formula is C15H17ClN2O. The van der Waals surface area contributed by atoms with Gasteiger partial charge in [0.25, 0.3) is 5.91 Å². The Labute approximate surface area is 118 Å². The number of nitriles is 1. The van der Waals surface area contributed by atoms with Crippen LogP contribution < -0.4 is 5.32 Å². The third-order valence-corrected chi connectivity index (χ3v) is 2.86. The molecule has 0 fully saturated rings. The Bertz CT molecular complexity index is 486. The van der Waals surface area contributed by atoms with Crippen LogP contribution in [0.4, 0.5) is 0 Å². The van der Waals surface area contributed by atoms with E-state index in [0.717, 1.165) is 24.8 Å². The van der Waals surface area contributed by atoms with Crippen LogP contribution in [0.5, 0.6) is 0 Å². The minimum absolute atomic E-state index is 0.110. The van der Waals surface area contributed by atoms with E-state index in [1.807, 2.05) is 6.07 Å². The standard InChI is InChI=1S/C15H17ClN2O/c1-2-3-4-9-18-15(19)13(11-17)10-12-5-7-14(16)8-6-12/h5-8,10H,2-4,9H2,1H3,(H,18,19)/b13-10+. The molecule has 4 heteroatoms. The molecule has 19 heavy (non-hydrogen) atoms. The number of amides is 1. The Kier molecular flexibility index (Phi) is 6.70. The maximum Gasteiger partial charge on any atom is 0.261 e. The summed E-state index contributed by atoms with van der Waals surface area (Å²) in [5.41, 5.74) is 0.892. The van der Waals surface area contributed by atoms with Crippen LogP contribution in [-0.2, 0) is 4.79 Å². The van der Waals surface area contributed by atoms with Crippen molar-refractivity contribution in [1.29, 1.82) is 5.26 Å². The van der Waals surface area contributed by atoms with Gasteiger partial charge in [-0.2, -0.15) is 5.26 Å². The summed E-state index contributed by atoms with van der Waals surface area (Å²) in [6.07, 6.45) is 4.66. The fourth-order valence-electron chi connectivity index (χ4n) is 1.55. The number of hydrogen-bond acceptors (Lipinski definition) is 2. The number of benzene rings is 1. The van der Waals surface area contributed by atoms with Crippen LogP contribution in [0.25, 0.3) is 6.08 Å². The van der Waals surface area contributed by atoms with Crippen molar-refractivity contribution in [3.8, 4) is 6.07 Å². The van der Waals surface area contributed by atoms with Gasteiger partial charge < -0.3 is 5.32 Å². The van der Waals surface area contributed by atoms with Crippen LogP contribution in [0.15, 0.2) is 29.8 Å². The van der Waals surface area contributed by atoms with Gasteiger partial charge in [-0.3, -0.25) is 4.79 Å². The predicted molar refractivity (Wildman–Crippen MR) is 77.6 cm³/mol. The molecule has 3 nitrogen and oxygen atoms in total. The molecule has 1 N–H and O–H groups in total. The first kappa shape index (κ1) is 15.3. The van der Waals surface area contributed by atoms with E-state index in [1.54, 1.807) is 30.3 Å². The molecule has 1 rings (SSSR count). The van der Waals surface area contributed by atoms with E-state index in [1.165, 1.54) is 0 Å². The second-order valence-corrected chi connectivity index (χ2v) is 4.62. The van der Waals surface area contributed by atoms with Gasteiger partial charge in [0.1, 0.15) is 11.6 Å². The maximum absolute atomic E-state index is 11.8. The van der Waals surface area contributed by atoms with Crippen LogP contribution in [0.1, 0.15) is 31.7 Å². The average molecular weight is 277 g/mol. The van der Waals surface area contributed by atoms with Crippen LogP contribution in [0.2, 0.25) is 5.02 Å². The second-order valence-electron chi connectivity index (χ2n) is 4.18. The first-order chi connectivity index (χ1) is 9.17. The van der Waals surface area contributed by atoms with Gasteiger partial charge in [-0.25, -0.2) is 0 Å². The smallest absolute Gasteiger partial charge is 0.261 e. The minimum atomic E-state index is -0.325. The highest BCUT2D eigenvalue weighted by Crippen LogP contribution is 2.12. The van der Waals surface area contributed by atoms with E-state index in [-0.39, 0.29) is 11.5 Å². The number of hydrogen-bond donors (Lipinski definition) is 1. The number of unbranched alkanes of at least 4 members (excludes halogenated alkanes) is 2. The zero-order valence-electron chi connectivity index (χ0n) is 10.9. The summed E-state index contributed by atoms with van der Waals surface area (Å²) in [6, 6.07) is 8.91. The monoisotopic (exact) mass is 276 g/mol. The van der Waals surface area contributed by atoms with Crippen LogP contribution >= 0.6 is 11.6 Å². The lowest BCUT2D eigenvalue weighted by Gasteiger charge is -2.03. The predicted octanol–water partition coefficient (Wildman–Crippen LogP) is 3.55. The Hall–Kier alpha value is -1.79. The number of rotatable bonds is 6. The summed E-state index contributed by atoms with van der Waals surface area (Å²) < 4.78 is 0. The van der Waals surface area contributed by atoms with Crippen molar-refractivity contribution in [2.45, 2.75) is 26.2 Å². The molecule has 0 aliphatic carbocycles. The molecule has 0 bridgehead atoms. The number of halogens is 1. The summed E-state index contributed by atoms with van der Waals surface area (Å²) in [4.78, 5) is 11.8. The molecule has 1 aromatic rings. The summed E-state index contributed by atoms with van der Waals surface area (Å²) in [7, 11) is 0. The lowest BCUT2D eigenvalue weighted by atomic mass is 10.1. The van der Waals surface area contributed by atoms with E-state index in [0.29, 0.717) is 11.6 Å². The first-order valence-electron chi connectivity index (χ1n) is 6.33. The van der Waals surface area contributed by atoms with Gasteiger partial charge in [-0.05, 0) is 30.2 Å².